The highest BCUT2D eigenvalue weighted by Gasteiger charge is 2.43. The van der Waals surface area contributed by atoms with Crippen LogP contribution in [0.1, 0.15) is 58.4 Å². The Morgan fingerprint density at radius 1 is 1.11 bits per heavy atom. The number of amides is 1. The van der Waals surface area contributed by atoms with Gasteiger partial charge in [-0.25, -0.2) is 8.42 Å². The smallest absolute Gasteiger partial charge is 0.243 e. The molecule has 2 heterocycles. The molecule has 1 aliphatic carbocycles. The lowest BCUT2D eigenvalue weighted by molar-refractivity contribution is -0.116. The molecular formula is C21H30N2O3S. The van der Waals surface area contributed by atoms with Gasteiger partial charge in [-0.3, -0.25) is 4.79 Å². The van der Waals surface area contributed by atoms with Gasteiger partial charge < -0.3 is 4.90 Å². The Morgan fingerprint density at radius 2 is 1.85 bits per heavy atom. The zero-order chi connectivity index (χ0) is 19.3. The van der Waals surface area contributed by atoms with Crippen molar-refractivity contribution in [3.63, 3.8) is 0 Å². The lowest BCUT2D eigenvalue weighted by atomic mass is 9.74. The molecular weight excluding hydrogens is 360 g/mol. The number of nitrogens with zero attached hydrogens (tertiary/aromatic N) is 2. The van der Waals surface area contributed by atoms with E-state index in [1.165, 1.54) is 6.42 Å². The van der Waals surface area contributed by atoms with E-state index in [-0.39, 0.29) is 18.0 Å². The Labute approximate surface area is 162 Å². The maximum Gasteiger partial charge on any atom is 0.243 e. The SMILES string of the molecule is CC(=O)N1c2ccc(S(=O)(=O)N3CCC(C)C4CCCCC43)cc2CC1C. The summed E-state index contributed by atoms with van der Waals surface area (Å²) in [6.07, 6.45) is 6.12. The van der Waals surface area contributed by atoms with Crippen molar-refractivity contribution in [1.82, 2.24) is 4.31 Å². The summed E-state index contributed by atoms with van der Waals surface area (Å²) < 4.78 is 28.8. The molecule has 0 radical (unpaired) electrons. The molecule has 4 unspecified atom stereocenters. The number of hydrogen-bond acceptors (Lipinski definition) is 3. The third-order valence-electron chi connectivity index (χ3n) is 6.90. The summed E-state index contributed by atoms with van der Waals surface area (Å²) in [4.78, 5) is 14.1. The van der Waals surface area contributed by atoms with Gasteiger partial charge in [-0.15, -0.1) is 0 Å². The number of sulfonamides is 1. The van der Waals surface area contributed by atoms with Crippen LogP contribution in [0.4, 0.5) is 5.69 Å². The predicted molar refractivity (Wildman–Crippen MR) is 106 cm³/mol. The number of hydrogen-bond donors (Lipinski definition) is 0. The monoisotopic (exact) mass is 390 g/mol. The first-order valence-corrected chi connectivity index (χ1v) is 11.7. The number of carbonyl (C=O) groups excluding carboxylic acids is 1. The van der Waals surface area contributed by atoms with Crippen LogP contribution < -0.4 is 4.90 Å². The van der Waals surface area contributed by atoms with Gasteiger partial charge in [0.15, 0.2) is 0 Å². The van der Waals surface area contributed by atoms with Gasteiger partial charge in [0, 0.05) is 31.2 Å². The van der Waals surface area contributed by atoms with Gasteiger partial charge in [-0.1, -0.05) is 19.8 Å². The first kappa shape index (κ1) is 18.9. The van der Waals surface area contributed by atoms with Crippen molar-refractivity contribution in [2.75, 3.05) is 11.4 Å². The highest BCUT2D eigenvalue weighted by atomic mass is 32.2. The van der Waals surface area contributed by atoms with Crippen molar-refractivity contribution in [3.8, 4) is 0 Å². The van der Waals surface area contributed by atoms with Crippen LogP contribution in [0.25, 0.3) is 0 Å². The molecule has 27 heavy (non-hydrogen) atoms. The minimum absolute atomic E-state index is 0.00641. The largest absolute Gasteiger partial charge is 0.309 e. The summed E-state index contributed by atoms with van der Waals surface area (Å²) in [5.74, 6) is 1.10. The standard InChI is InChI=1S/C21H30N2O3S/c1-14-10-11-22(21-7-5-4-6-19(14)21)27(25,26)18-8-9-20-17(13-18)12-15(2)23(20)16(3)24/h8-9,13-15,19,21H,4-7,10-12H2,1-3H3. The number of fused-ring (bicyclic) bond motifs is 2. The highest BCUT2D eigenvalue weighted by Crippen LogP contribution is 2.42. The van der Waals surface area contributed by atoms with E-state index in [4.69, 9.17) is 0 Å². The van der Waals surface area contributed by atoms with E-state index < -0.39 is 10.0 Å². The quantitative estimate of drug-likeness (QED) is 0.776. The van der Waals surface area contributed by atoms with Gasteiger partial charge in [0.05, 0.1) is 4.90 Å². The van der Waals surface area contributed by atoms with Crippen LogP contribution in [-0.4, -0.2) is 37.3 Å². The maximum absolute atomic E-state index is 13.5. The third kappa shape index (κ3) is 3.11. The van der Waals surface area contributed by atoms with E-state index in [9.17, 15) is 13.2 Å². The van der Waals surface area contributed by atoms with Crippen molar-refractivity contribution in [2.24, 2.45) is 11.8 Å². The Kier molecular flexibility index (Phi) is 4.83. The van der Waals surface area contributed by atoms with Crippen molar-refractivity contribution in [3.05, 3.63) is 23.8 Å². The molecule has 1 saturated carbocycles. The third-order valence-corrected chi connectivity index (χ3v) is 8.82. The lowest BCUT2D eigenvalue weighted by Crippen LogP contribution is -2.52. The van der Waals surface area contributed by atoms with Crippen LogP contribution in [0.5, 0.6) is 0 Å². The number of rotatable bonds is 2. The number of anilines is 1. The summed E-state index contributed by atoms with van der Waals surface area (Å²) in [6.45, 7) is 6.47. The number of benzene rings is 1. The fraction of sp³-hybridized carbons (Fsp3) is 0.667. The Bertz CT molecular complexity index is 851. The zero-order valence-corrected chi connectivity index (χ0v) is 17.3. The first-order chi connectivity index (χ1) is 12.8. The molecule has 0 N–H and O–H groups in total. The second-order valence-electron chi connectivity index (χ2n) is 8.63. The molecule has 0 spiro atoms. The number of carbonyl (C=O) groups is 1. The first-order valence-electron chi connectivity index (χ1n) is 10.2. The van der Waals surface area contributed by atoms with Crippen molar-refractivity contribution in [1.29, 1.82) is 0 Å². The van der Waals surface area contributed by atoms with E-state index in [0.29, 0.717) is 29.7 Å². The maximum atomic E-state index is 13.5. The normalized spacial score (nSPS) is 31.4. The average molecular weight is 391 g/mol. The van der Waals surface area contributed by atoms with Gasteiger partial charge >= 0.3 is 0 Å². The summed E-state index contributed by atoms with van der Waals surface area (Å²) in [6, 6.07) is 5.54. The van der Waals surface area contributed by atoms with Crippen LogP contribution in [0.2, 0.25) is 0 Å². The molecule has 0 aromatic heterocycles. The van der Waals surface area contributed by atoms with Crippen LogP contribution in [-0.2, 0) is 21.2 Å². The topological polar surface area (TPSA) is 57.7 Å². The van der Waals surface area contributed by atoms with E-state index >= 15 is 0 Å². The van der Waals surface area contributed by atoms with E-state index in [1.807, 2.05) is 13.0 Å². The molecule has 1 amide bonds. The van der Waals surface area contributed by atoms with Crippen molar-refractivity contribution >= 4 is 21.6 Å². The molecule has 1 saturated heterocycles. The molecule has 5 nitrogen and oxygen atoms in total. The second-order valence-corrected chi connectivity index (χ2v) is 10.5. The van der Waals surface area contributed by atoms with E-state index in [1.54, 1.807) is 28.3 Å². The molecule has 2 fully saturated rings. The van der Waals surface area contributed by atoms with Crippen LogP contribution >= 0.6 is 0 Å². The Morgan fingerprint density at radius 3 is 2.59 bits per heavy atom. The fourth-order valence-electron chi connectivity index (χ4n) is 5.55. The second kappa shape index (κ2) is 6.89. The summed E-state index contributed by atoms with van der Waals surface area (Å²) in [5, 5.41) is 0. The van der Waals surface area contributed by atoms with E-state index in [2.05, 4.69) is 6.92 Å². The summed E-state index contributed by atoms with van der Waals surface area (Å²) in [5.41, 5.74) is 1.82. The summed E-state index contributed by atoms with van der Waals surface area (Å²) in [7, 11) is -3.50. The highest BCUT2D eigenvalue weighted by molar-refractivity contribution is 7.89. The molecule has 1 aromatic rings. The molecule has 2 aliphatic heterocycles. The Balaban J connectivity index is 1.67. The van der Waals surface area contributed by atoms with Crippen LogP contribution in [0.3, 0.4) is 0 Å². The molecule has 4 rings (SSSR count). The predicted octanol–water partition coefficient (Wildman–Crippen LogP) is 3.57. The van der Waals surface area contributed by atoms with Crippen LogP contribution in [0.15, 0.2) is 23.1 Å². The number of piperidine rings is 1. The van der Waals surface area contributed by atoms with Gasteiger partial charge in [-0.05, 0) is 68.2 Å². The van der Waals surface area contributed by atoms with Gasteiger partial charge in [-0.2, -0.15) is 4.31 Å². The molecule has 3 aliphatic rings. The van der Waals surface area contributed by atoms with Crippen molar-refractivity contribution in [2.45, 2.75) is 76.3 Å². The van der Waals surface area contributed by atoms with Crippen molar-refractivity contribution < 1.29 is 13.2 Å². The van der Waals surface area contributed by atoms with Gasteiger partial charge in [0.25, 0.3) is 0 Å². The molecule has 6 heteroatoms. The van der Waals surface area contributed by atoms with Gasteiger partial charge in [0.1, 0.15) is 0 Å². The molecule has 4 atom stereocenters. The summed E-state index contributed by atoms with van der Waals surface area (Å²) >= 11 is 0. The molecule has 0 bridgehead atoms. The Hall–Kier alpha value is -1.40. The minimum Gasteiger partial charge on any atom is -0.309 e. The fourth-order valence-corrected chi connectivity index (χ4v) is 7.32. The molecule has 1 aromatic carbocycles. The van der Waals surface area contributed by atoms with Crippen LogP contribution in [0, 0.1) is 11.8 Å². The van der Waals surface area contributed by atoms with E-state index in [0.717, 1.165) is 36.9 Å². The lowest BCUT2D eigenvalue weighted by Gasteiger charge is -2.46. The minimum atomic E-state index is -3.50. The molecule has 148 valence electrons. The zero-order valence-electron chi connectivity index (χ0n) is 16.5. The van der Waals surface area contributed by atoms with Gasteiger partial charge in [0.2, 0.25) is 15.9 Å². The average Bonchev–Trinajstić information content (AvgIpc) is 2.97.